The maximum atomic E-state index is 12.8. The molecule has 0 aromatic carbocycles. The average Bonchev–Trinajstić information content (AvgIpc) is 3.29. The van der Waals surface area contributed by atoms with Crippen LogP contribution in [-0.4, -0.2) is 70.7 Å². The van der Waals surface area contributed by atoms with Crippen molar-refractivity contribution in [3.8, 4) is 0 Å². The molecule has 0 heterocycles. The fourth-order valence-corrected chi connectivity index (χ4v) is 8.50. The SMILES string of the molecule is CC/C=C\C/C=C\C/C=C\C/C=C\CCCCCCCCCCCCCCCOCC(COP(=O)([O-])OCC[N+](C)(C)C)OC(=O)CCCCCCCCCCC/C=C\CCCCCCCC. The monoisotopic (exact) mass is 962 g/mol. The number of likely N-dealkylation sites (N-methyl/N-ethyl adjacent to an activating group) is 1. The molecule has 0 radical (unpaired) electrons. The Hall–Kier alpha value is -1.80. The number of phosphoric ester groups is 1. The van der Waals surface area contributed by atoms with E-state index >= 15 is 0 Å². The summed E-state index contributed by atoms with van der Waals surface area (Å²) in [6.45, 7) is 5.32. The maximum Gasteiger partial charge on any atom is 0.306 e. The molecule has 0 amide bonds. The first-order valence-electron chi connectivity index (χ1n) is 28.0. The fraction of sp³-hybridized carbons (Fsp3) is 0.810. The topological polar surface area (TPSA) is 94.1 Å². The van der Waals surface area contributed by atoms with Crippen LogP contribution in [-0.2, 0) is 27.9 Å². The first kappa shape index (κ1) is 65.2. The van der Waals surface area contributed by atoms with Gasteiger partial charge in [-0.05, 0) is 77.0 Å². The molecule has 0 rings (SSSR count). The van der Waals surface area contributed by atoms with E-state index in [1.165, 1.54) is 167 Å². The Kier molecular flexibility index (Phi) is 49.2. The quantitative estimate of drug-likeness (QED) is 0.0197. The van der Waals surface area contributed by atoms with Gasteiger partial charge in [-0.1, -0.05) is 222 Å². The van der Waals surface area contributed by atoms with E-state index in [4.69, 9.17) is 18.5 Å². The summed E-state index contributed by atoms with van der Waals surface area (Å²) in [5, 5.41) is 0. The van der Waals surface area contributed by atoms with Gasteiger partial charge >= 0.3 is 5.97 Å². The summed E-state index contributed by atoms with van der Waals surface area (Å²) < 4.78 is 34.8. The van der Waals surface area contributed by atoms with Gasteiger partial charge in [0.15, 0.2) is 0 Å². The minimum Gasteiger partial charge on any atom is -0.756 e. The molecule has 9 heteroatoms. The highest BCUT2D eigenvalue weighted by Gasteiger charge is 2.20. The molecule has 0 spiro atoms. The summed E-state index contributed by atoms with van der Waals surface area (Å²) in [6.07, 6.45) is 65.4. The van der Waals surface area contributed by atoms with Crippen LogP contribution in [0.2, 0.25) is 0 Å². The normalized spacial score (nSPS) is 13.9. The highest BCUT2D eigenvalue weighted by molar-refractivity contribution is 7.45. The van der Waals surface area contributed by atoms with E-state index in [-0.39, 0.29) is 25.8 Å². The molecule has 0 bridgehead atoms. The fourth-order valence-electron chi connectivity index (χ4n) is 7.77. The van der Waals surface area contributed by atoms with E-state index < -0.39 is 13.9 Å². The molecular formula is C58H108NO7P. The lowest BCUT2D eigenvalue weighted by atomic mass is 10.0. The lowest BCUT2D eigenvalue weighted by molar-refractivity contribution is -0.870. The average molecular weight is 962 g/mol. The zero-order valence-corrected chi connectivity index (χ0v) is 45.5. The largest absolute Gasteiger partial charge is 0.756 e. The van der Waals surface area contributed by atoms with Gasteiger partial charge in [-0.3, -0.25) is 9.36 Å². The summed E-state index contributed by atoms with van der Waals surface area (Å²) in [5.41, 5.74) is 0. The molecule has 0 saturated heterocycles. The summed E-state index contributed by atoms with van der Waals surface area (Å²) in [6, 6.07) is 0. The van der Waals surface area contributed by atoms with Crippen molar-refractivity contribution >= 4 is 13.8 Å². The molecule has 392 valence electrons. The summed E-state index contributed by atoms with van der Waals surface area (Å²) in [5.74, 6) is -0.335. The van der Waals surface area contributed by atoms with Crippen LogP contribution in [0, 0.1) is 0 Å². The maximum absolute atomic E-state index is 12.8. The summed E-state index contributed by atoms with van der Waals surface area (Å²) >= 11 is 0. The molecule has 0 aromatic heterocycles. The van der Waals surface area contributed by atoms with Gasteiger partial charge in [0.05, 0.1) is 34.4 Å². The minimum atomic E-state index is -4.54. The van der Waals surface area contributed by atoms with Gasteiger partial charge in [0.25, 0.3) is 7.82 Å². The Bertz CT molecular complexity index is 1260. The lowest BCUT2D eigenvalue weighted by Gasteiger charge is -2.28. The number of unbranched alkanes of at least 4 members (excludes halogenated alkanes) is 28. The smallest absolute Gasteiger partial charge is 0.306 e. The van der Waals surface area contributed by atoms with Crippen LogP contribution in [0.4, 0.5) is 0 Å². The molecule has 0 saturated carbocycles. The van der Waals surface area contributed by atoms with Crippen LogP contribution in [0.5, 0.6) is 0 Å². The molecule has 2 atom stereocenters. The third-order valence-corrected chi connectivity index (χ3v) is 13.0. The second-order valence-corrected chi connectivity index (χ2v) is 21.3. The van der Waals surface area contributed by atoms with Gasteiger partial charge in [0, 0.05) is 13.0 Å². The van der Waals surface area contributed by atoms with E-state index in [0.29, 0.717) is 24.1 Å². The number of hydrogen-bond donors (Lipinski definition) is 0. The van der Waals surface area contributed by atoms with Crippen LogP contribution in [0.25, 0.3) is 0 Å². The van der Waals surface area contributed by atoms with Crippen molar-refractivity contribution in [2.24, 2.45) is 0 Å². The summed E-state index contributed by atoms with van der Waals surface area (Å²) in [7, 11) is 1.36. The van der Waals surface area contributed by atoms with E-state index in [1.54, 1.807) is 0 Å². The number of esters is 1. The van der Waals surface area contributed by atoms with Crippen LogP contribution in [0.3, 0.4) is 0 Å². The van der Waals surface area contributed by atoms with Crippen LogP contribution in [0.15, 0.2) is 60.8 Å². The first-order valence-corrected chi connectivity index (χ1v) is 29.5. The second kappa shape index (κ2) is 50.6. The number of rotatable bonds is 52. The number of quaternary nitrogens is 1. The zero-order valence-electron chi connectivity index (χ0n) is 44.6. The molecule has 67 heavy (non-hydrogen) atoms. The number of hydrogen-bond acceptors (Lipinski definition) is 7. The minimum absolute atomic E-state index is 0.0246. The number of ether oxygens (including phenoxy) is 2. The van der Waals surface area contributed by atoms with Crippen molar-refractivity contribution in [1.29, 1.82) is 0 Å². The highest BCUT2D eigenvalue weighted by atomic mass is 31.2. The highest BCUT2D eigenvalue weighted by Crippen LogP contribution is 2.38. The molecule has 2 unspecified atom stereocenters. The number of allylic oxidation sites excluding steroid dienone is 10. The van der Waals surface area contributed by atoms with Crippen molar-refractivity contribution in [3.05, 3.63) is 60.8 Å². The van der Waals surface area contributed by atoms with E-state index in [9.17, 15) is 14.3 Å². The third kappa shape index (κ3) is 55.0. The number of carbonyl (C=O) groups is 1. The standard InChI is InChI=1S/C58H108NO7P/c1-6-8-10-12-14-16-18-20-22-24-26-27-28-29-30-31-32-34-36-38-40-42-44-46-48-50-53-63-55-57(56-65-67(61,62)64-54-52-59(3,4)5)66-58(60)51-49-47-45-43-41-39-37-35-33-25-23-21-19-17-15-13-11-9-7-2/h8,10,14,16,20-23,26-27,57H,6-7,9,11-13,15,17-19,24-25,28-56H2,1-5H3/b10-8-,16-14-,22-20-,23-21-,27-26-. The van der Waals surface area contributed by atoms with Gasteiger partial charge in [-0.25, -0.2) is 0 Å². The van der Waals surface area contributed by atoms with Crippen molar-refractivity contribution in [3.63, 3.8) is 0 Å². The Labute approximate surface area is 415 Å². The summed E-state index contributed by atoms with van der Waals surface area (Å²) in [4.78, 5) is 25.2. The molecule has 0 aliphatic rings. The predicted octanol–water partition coefficient (Wildman–Crippen LogP) is 17.0. The second-order valence-electron chi connectivity index (χ2n) is 19.9. The van der Waals surface area contributed by atoms with Crippen LogP contribution >= 0.6 is 7.82 Å². The van der Waals surface area contributed by atoms with Gasteiger partial charge in [0.2, 0.25) is 0 Å². The molecule has 0 aliphatic carbocycles. The number of carbonyl (C=O) groups excluding carboxylic acids is 1. The Morgan fingerprint density at radius 2 is 0.866 bits per heavy atom. The molecule has 0 fully saturated rings. The predicted molar refractivity (Wildman–Crippen MR) is 286 cm³/mol. The molecule has 0 aromatic rings. The van der Waals surface area contributed by atoms with E-state index in [2.05, 4.69) is 74.6 Å². The molecule has 8 nitrogen and oxygen atoms in total. The van der Waals surface area contributed by atoms with Crippen molar-refractivity contribution in [1.82, 2.24) is 0 Å². The first-order chi connectivity index (χ1) is 32.6. The number of nitrogens with zero attached hydrogens (tertiary/aromatic N) is 1. The van der Waals surface area contributed by atoms with Gasteiger partial charge in [0.1, 0.15) is 19.3 Å². The van der Waals surface area contributed by atoms with Crippen molar-refractivity contribution in [2.75, 3.05) is 54.1 Å². The van der Waals surface area contributed by atoms with Crippen molar-refractivity contribution in [2.45, 2.75) is 251 Å². The van der Waals surface area contributed by atoms with Gasteiger partial charge < -0.3 is 27.9 Å². The molecule has 0 aliphatic heterocycles. The Morgan fingerprint density at radius 1 is 0.478 bits per heavy atom. The van der Waals surface area contributed by atoms with Crippen LogP contribution < -0.4 is 4.89 Å². The lowest BCUT2D eigenvalue weighted by Crippen LogP contribution is -2.37. The van der Waals surface area contributed by atoms with Gasteiger partial charge in [-0.15, -0.1) is 0 Å². The Morgan fingerprint density at radius 3 is 1.31 bits per heavy atom. The molecule has 0 N–H and O–H groups in total. The third-order valence-electron chi connectivity index (χ3n) is 12.1. The Balaban J connectivity index is 4.07. The zero-order chi connectivity index (χ0) is 49.0. The van der Waals surface area contributed by atoms with Gasteiger partial charge in [-0.2, -0.15) is 0 Å². The van der Waals surface area contributed by atoms with Crippen LogP contribution in [0.1, 0.15) is 245 Å². The van der Waals surface area contributed by atoms with E-state index in [0.717, 1.165) is 57.8 Å². The molecular weight excluding hydrogens is 854 g/mol. The number of phosphoric acid groups is 1. The van der Waals surface area contributed by atoms with Crippen molar-refractivity contribution < 1.29 is 37.3 Å². The van der Waals surface area contributed by atoms with E-state index in [1.807, 2.05) is 21.1 Å².